The smallest absolute Gasteiger partial charge is 0.123 e. The predicted molar refractivity (Wildman–Crippen MR) is 82.8 cm³/mol. The molecule has 2 rings (SSSR count). The molecule has 0 amide bonds. The monoisotopic (exact) mass is 291 g/mol. The zero-order valence-electron chi connectivity index (χ0n) is 12.0. The summed E-state index contributed by atoms with van der Waals surface area (Å²) in [7, 11) is 1.87. The minimum absolute atomic E-state index is 0.000556. The molecular formula is C17H19ClFN. The Balaban J connectivity index is 2.31. The molecule has 0 aliphatic rings. The molecule has 0 heterocycles. The van der Waals surface area contributed by atoms with Gasteiger partial charge in [0.05, 0.1) is 0 Å². The minimum Gasteiger partial charge on any atom is -0.313 e. The molecule has 2 aromatic rings. The first-order valence-electron chi connectivity index (χ1n) is 6.69. The lowest BCUT2D eigenvalue weighted by Crippen LogP contribution is -2.19. The molecule has 0 bridgehead atoms. The maximum absolute atomic E-state index is 13.4. The Hall–Kier alpha value is -1.38. The molecule has 20 heavy (non-hydrogen) atoms. The standard InChI is InChI=1S/C17H19ClFN/c1-11-6-12(2)8-13(7-11)9-17(20-3)15-10-14(19)4-5-16(15)18/h4-8,10,17,20H,9H2,1-3H3. The van der Waals surface area contributed by atoms with Crippen LogP contribution in [0, 0.1) is 19.7 Å². The van der Waals surface area contributed by atoms with Gasteiger partial charge in [-0.2, -0.15) is 0 Å². The van der Waals surface area contributed by atoms with Gasteiger partial charge in [0, 0.05) is 11.1 Å². The van der Waals surface area contributed by atoms with Gasteiger partial charge in [-0.1, -0.05) is 40.9 Å². The van der Waals surface area contributed by atoms with E-state index in [1.165, 1.54) is 28.8 Å². The molecular weight excluding hydrogens is 273 g/mol. The van der Waals surface area contributed by atoms with E-state index >= 15 is 0 Å². The van der Waals surface area contributed by atoms with Gasteiger partial charge >= 0.3 is 0 Å². The number of nitrogens with one attached hydrogen (secondary N) is 1. The van der Waals surface area contributed by atoms with Crippen LogP contribution in [-0.4, -0.2) is 7.05 Å². The van der Waals surface area contributed by atoms with E-state index in [0.717, 1.165) is 12.0 Å². The van der Waals surface area contributed by atoms with Crippen molar-refractivity contribution in [2.75, 3.05) is 7.05 Å². The van der Waals surface area contributed by atoms with Crippen molar-refractivity contribution in [1.29, 1.82) is 0 Å². The molecule has 1 atom stereocenters. The van der Waals surface area contributed by atoms with Gasteiger partial charge in [-0.25, -0.2) is 4.39 Å². The van der Waals surface area contributed by atoms with Crippen molar-refractivity contribution in [2.24, 2.45) is 0 Å². The number of halogens is 2. The maximum Gasteiger partial charge on any atom is 0.123 e. The zero-order valence-corrected chi connectivity index (χ0v) is 12.8. The Morgan fingerprint density at radius 2 is 1.75 bits per heavy atom. The van der Waals surface area contributed by atoms with Gasteiger partial charge in [0.15, 0.2) is 0 Å². The van der Waals surface area contributed by atoms with E-state index in [0.29, 0.717) is 5.02 Å². The van der Waals surface area contributed by atoms with E-state index < -0.39 is 0 Å². The zero-order chi connectivity index (χ0) is 14.7. The summed E-state index contributed by atoms with van der Waals surface area (Å²) in [6, 6.07) is 11.0. The topological polar surface area (TPSA) is 12.0 Å². The summed E-state index contributed by atoms with van der Waals surface area (Å²) < 4.78 is 13.4. The van der Waals surface area contributed by atoms with Gasteiger partial charge < -0.3 is 5.32 Å². The molecule has 1 unspecified atom stereocenters. The lowest BCUT2D eigenvalue weighted by molar-refractivity contribution is 0.577. The van der Waals surface area contributed by atoms with Crippen molar-refractivity contribution in [2.45, 2.75) is 26.3 Å². The second kappa shape index (κ2) is 6.38. The molecule has 106 valence electrons. The van der Waals surface area contributed by atoms with Crippen LogP contribution < -0.4 is 5.32 Å². The highest BCUT2D eigenvalue weighted by Crippen LogP contribution is 2.27. The molecule has 3 heteroatoms. The van der Waals surface area contributed by atoms with Crippen LogP contribution in [0.4, 0.5) is 4.39 Å². The highest BCUT2D eigenvalue weighted by molar-refractivity contribution is 6.31. The predicted octanol–water partition coefficient (Wildman–Crippen LogP) is 4.60. The molecule has 2 aromatic carbocycles. The van der Waals surface area contributed by atoms with E-state index in [-0.39, 0.29) is 11.9 Å². The average Bonchev–Trinajstić information content (AvgIpc) is 2.38. The van der Waals surface area contributed by atoms with E-state index in [9.17, 15) is 4.39 Å². The van der Waals surface area contributed by atoms with Crippen molar-refractivity contribution in [3.63, 3.8) is 0 Å². The van der Waals surface area contributed by atoms with Crippen molar-refractivity contribution < 1.29 is 4.39 Å². The van der Waals surface area contributed by atoms with Crippen molar-refractivity contribution in [3.05, 3.63) is 69.5 Å². The Morgan fingerprint density at radius 1 is 1.10 bits per heavy atom. The highest BCUT2D eigenvalue weighted by atomic mass is 35.5. The van der Waals surface area contributed by atoms with Crippen molar-refractivity contribution >= 4 is 11.6 Å². The molecule has 0 fully saturated rings. The van der Waals surface area contributed by atoms with Gasteiger partial charge in [-0.05, 0) is 56.6 Å². The number of benzene rings is 2. The lowest BCUT2D eigenvalue weighted by Gasteiger charge is -2.19. The van der Waals surface area contributed by atoms with Crippen LogP contribution in [0.5, 0.6) is 0 Å². The largest absolute Gasteiger partial charge is 0.313 e. The fourth-order valence-corrected chi connectivity index (χ4v) is 2.82. The van der Waals surface area contributed by atoms with E-state index in [1.807, 2.05) is 7.05 Å². The van der Waals surface area contributed by atoms with Crippen LogP contribution in [0.15, 0.2) is 36.4 Å². The third-order valence-corrected chi connectivity index (χ3v) is 3.75. The van der Waals surface area contributed by atoms with Crippen molar-refractivity contribution in [3.8, 4) is 0 Å². The molecule has 1 nitrogen and oxygen atoms in total. The van der Waals surface area contributed by atoms with Crippen LogP contribution in [0.3, 0.4) is 0 Å². The summed E-state index contributed by atoms with van der Waals surface area (Å²) in [5.41, 5.74) is 4.50. The van der Waals surface area contributed by atoms with Crippen LogP contribution in [-0.2, 0) is 6.42 Å². The molecule has 0 saturated carbocycles. The van der Waals surface area contributed by atoms with Crippen LogP contribution >= 0.6 is 11.6 Å². The fourth-order valence-electron chi connectivity index (χ4n) is 2.57. The molecule has 0 aliphatic heterocycles. The van der Waals surface area contributed by atoms with E-state index in [1.54, 1.807) is 6.07 Å². The Kier molecular flexibility index (Phi) is 4.79. The molecule has 0 radical (unpaired) electrons. The lowest BCUT2D eigenvalue weighted by atomic mass is 9.96. The van der Waals surface area contributed by atoms with Gasteiger partial charge in [0.25, 0.3) is 0 Å². The Bertz CT molecular complexity index is 590. The van der Waals surface area contributed by atoms with Crippen LogP contribution in [0.2, 0.25) is 5.02 Å². The summed E-state index contributed by atoms with van der Waals surface area (Å²) in [6.45, 7) is 4.17. The first-order chi connectivity index (χ1) is 9.49. The Labute approximate surface area is 124 Å². The summed E-state index contributed by atoms with van der Waals surface area (Å²) in [5, 5.41) is 3.82. The number of likely N-dealkylation sites (N-methyl/N-ethyl adjacent to an activating group) is 1. The van der Waals surface area contributed by atoms with E-state index in [2.05, 4.69) is 37.4 Å². The first-order valence-corrected chi connectivity index (χ1v) is 7.07. The highest BCUT2D eigenvalue weighted by Gasteiger charge is 2.15. The number of rotatable bonds is 4. The first kappa shape index (κ1) is 15.0. The van der Waals surface area contributed by atoms with Crippen molar-refractivity contribution in [1.82, 2.24) is 5.32 Å². The summed E-state index contributed by atoms with van der Waals surface area (Å²) in [4.78, 5) is 0. The summed E-state index contributed by atoms with van der Waals surface area (Å²) in [6.07, 6.45) is 0.780. The maximum atomic E-state index is 13.4. The summed E-state index contributed by atoms with van der Waals surface area (Å²) >= 11 is 6.19. The minimum atomic E-state index is -0.259. The number of hydrogen-bond acceptors (Lipinski definition) is 1. The number of aryl methyl sites for hydroxylation is 2. The van der Waals surface area contributed by atoms with E-state index in [4.69, 9.17) is 11.6 Å². The second-order valence-corrected chi connectivity index (χ2v) is 5.61. The average molecular weight is 292 g/mol. The molecule has 0 aromatic heterocycles. The van der Waals surface area contributed by atoms with Crippen LogP contribution in [0.25, 0.3) is 0 Å². The fraction of sp³-hybridized carbons (Fsp3) is 0.294. The SMILES string of the molecule is CNC(Cc1cc(C)cc(C)c1)c1cc(F)ccc1Cl. The molecule has 0 saturated heterocycles. The van der Waals surface area contributed by atoms with Gasteiger partial charge in [0.1, 0.15) is 5.82 Å². The normalized spacial score (nSPS) is 12.4. The van der Waals surface area contributed by atoms with Gasteiger partial charge in [0.2, 0.25) is 0 Å². The van der Waals surface area contributed by atoms with Gasteiger partial charge in [-0.3, -0.25) is 0 Å². The Morgan fingerprint density at radius 3 is 2.35 bits per heavy atom. The molecule has 1 N–H and O–H groups in total. The number of hydrogen-bond donors (Lipinski definition) is 1. The second-order valence-electron chi connectivity index (χ2n) is 5.21. The quantitative estimate of drug-likeness (QED) is 0.868. The molecule has 0 spiro atoms. The van der Waals surface area contributed by atoms with Gasteiger partial charge in [-0.15, -0.1) is 0 Å². The van der Waals surface area contributed by atoms with Crippen LogP contribution in [0.1, 0.15) is 28.3 Å². The summed E-state index contributed by atoms with van der Waals surface area (Å²) in [5.74, 6) is -0.259. The third-order valence-electron chi connectivity index (χ3n) is 3.40. The molecule has 0 aliphatic carbocycles. The third kappa shape index (κ3) is 3.59.